The highest BCUT2D eigenvalue weighted by Gasteiger charge is 2.26. The van der Waals surface area contributed by atoms with Crippen LogP contribution in [0.5, 0.6) is 0 Å². The Bertz CT molecular complexity index is 691. The van der Waals surface area contributed by atoms with Gasteiger partial charge in [-0.3, -0.25) is 4.79 Å². The highest BCUT2D eigenvalue weighted by atomic mass is 16.5. The van der Waals surface area contributed by atoms with Crippen molar-refractivity contribution in [3.63, 3.8) is 0 Å². The lowest BCUT2D eigenvalue weighted by Gasteiger charge is -2.16. The zero-order valence-corrected chi connectivity index (χ0v) is 15.2. The van der Waals surface area contributed by atoms with Crippen LogP contribution < -0.4 is 0 Å². The number of carbonyl (C=O) groups excluding carboxylic acids is 1. The average molecular weight is 337 g/mol. The molecular weight excluding hydrogens is 310 g/mol. The molecule has 2 aromatic rings. The van der Waals surface area contributed by atoms with Gasteiger partial charge < -0.3 is 9.64 Å². The summed E-state index contributed by atoms with van der Waals surface area (Å²) >= 11 is 0. The molecule has 0 N–H and O–H groups in total. The monoisotopic (exact) mass is 337 g/mol. The molecule has 1 atom stereocenters. The van der Waals surface area contributed by atoms with Gasteiger partial charge in [-0.05, 0) is 41.7 Å². The third kappa shape index (κ3) is 4.29. The second kappa shape index (κ2) is 8.30. The minimum absolute atomic E-state index is 0.128. The Morgan fingerprint density at radius 3 is 2.32 bits per heavy atom. The number of hydrogen-bond acceptors (Lipinski definition) is 2. The second-order valence-corrected chi connectivity index (χ2v) is 6.89. The van der Waals surface area contributed by atoms with Gasteiger partial charge in [-0.15, -0.1) is 0 Å². The molecule has 0 bridgehead atoms. The summed E-state index contributed by atoms with van der Waals surface area (Å²) < 4.78 is 5.21. The number of rotatable bonds is 6. The minimum atomic E-state index is 0.128. The van der Waals surface area contributed by atoms with E-state index in [-0.39, 0.29) is 5.91 Å². The van der Waals surface area contributed by atoms with Crippen LogP contribution >= 0.6 is 0 Å². The van der Waals surface area contributed by atoms with Crippen molar-refractivity contribution in [1.82, 2.24) is 4.90 Å². The Labute approximate surface area is 150 Å². The summed E-state index contributed by atoms with van der Waals surface area (Å²) in [7, 11) is 1.72. The fourth-order valence-electron chi connectivity index (χ4n) is 3.53. The zero-order valence-electron chi connectivity index (χ0n) is 15.2. The van der Waals surface area contributed by atoms with Crippen LogP contribution in [0, 0.1) is 5.92 Å². The predicted octanol–water partition coefficient (Wildman–Crippen LogP) is 4.41. The molecule has 1 fully saturated rings. The lowest BCUT2D eigenvalue weighted by atomic mass is 10.0. The largest absolute Gasteiger partial charge is 0.384 e. The maximum atomic E-state index is 12.6. The fourth-order valence-corrected chi connectivity index (χ4v) is 3.53. The number of nitrogens with zero attached hydrogens (tertiary/aromatic N) is 1. The fraction of sp³-hybridized carbons (Fsp3) is 0.409. The summed E-state index contributed by atoms with van der Waals surface area (Å²) in [5, 5.41) is 0. The normalized spacial score (nSPS) is 17.0. The molecule has 132 valence electrons. The first-order chi connectivity index (χ1) is 12.2. The van der Waals surface area contributed by atoms with E-state index in [1.54, 1.807) is 7.11 Å². The number of ether oxygens (including phenoxy) is 1. The third-order valence-electron chi connectivity index (χ3n) is 4.93. The molecule has 1 aliphatic heterocycles. The quantitative estimate of drug-likeness (QED) is 0.781. The van der Waals surface area contributed by atoms with Crippen LogP contribution in [0.15, 0.2) is 48.5 Å². The Morgan fingerprint density at radius 1 is 1.08 bits per heavy atom. The van der Waals surface area contributed by atoms with Gasteiger partial charge in [0, 0.05) is 31.7 Å². The van der Waals surface area contributed by atoms with Gasteiger partial charge in [0.15, 0.2) is 0 Å². The average Bonchev–Trinajstić information content (AvgIpc) is 3.11. The van der Waals surface area contributed by atoms with Crippen LogP contribution in [0.25, 0.3) is 11.1 Å². The van der Waals surface area contributed by atoms with Crippen molar-refractivity contribution in [2.45, 2.75) is 26.2 Å². The van der Waals surface area contributed by atoms with E-state index in [1.807, 2.05) is 29.2 Å². The lowest BCUT2D eigenvalue weighted by Crippen LogP contribution is -2.29. The molecule has 1 aliphatic rings. The number of amides is 1. The maximum Gasteiger partial charge on any atom is 0.253 e. The molecule has 0 aromatic heterocycles. The van der Waals surface area contributed by atoms with Crippen molar-refractivity contribution in [1.29, 1.82) is 0 Å². The highest BCUT2D eigenvalue weighted by Crippen LogP contribution is 2.23. The number of hydrogen-bond donors (Lipinski definition) is 0. The van der Waals surface area contributed by atoms with Gasteiger partial charge in [0.1, 0.15) is 0 Å². The van der Waals surface area contributed by atoms with Crippen molar-refractivity contribution in [2.24, 2.45) is 5.92 Å². The van der Waals surface area contributed by atoms with E-state index in [4.69, 9.17) is 4.74 Å². The van der Waals surface area contributed by atoms with Gasteiger partial charge in [0.25, 0.3) is 5.91 Å². The molecule has 2 aromatic carbocycles. The first kappa shape index (κ1) is 17.7. The van der Waals surface area contributed by atoms with Crippen LogP contribution in [-0.2, 0) is 11.2 Å². The second-order valence-electron chi connectivity index (χ2n) is 6.89. The number of likely N-dealkylation sites (tertiary alicyclic amines) is 1. The van der Waals surface area contributed by atoms with Crippen molar-refractivity contribution < 1.29 is 9.53 Å². The van der Waals surface area contributed by atoms with Crippen LogP contribution in [0.3, 0.4) is 0 Å². The molecule has 0 aliphatic carbocycles. The summed E-state index contributed by atoms with van der Waals surface area (Å²) in [6.07, 6.45) is 3.31. The van der Waals surface area contributed by atoms with E-state index in [9.17, 15) is 4.79 Å². The van der Waals surface area contributed by atoms with Gasteiger partial charge in [0.2, 0.25) is 0 Å². The summed E-state index contributed by atoms with van der Waals surface area (Å²) in [5.41, 5.74) is 4.49. The number of methoxy groups -OCH3 is 1. The van der Waals surface area contributed by atoms with Crippen molar-refractivity contribution in [2.75, 3.05) is 26.8 Å². The van der Waals surface area contributed by atoms with Crippen molar-refractivity contribution in [3.05, 3.63) is 59.7 Å². The molecule has 3 nitrogen and oxygen atoms in total. The molecule has 1 amide bonds. The van der Waals surface area contributed by atoms with Gasteiger partial charge in [0.05, 0.1) is 6.61 Å². The van der Waals surface area contributed by atoms with Gasteiger partial charge in [-0.25, -0.2) is 0 Å². The molecule has 0 unspecified atom stereocenters. The van der Waals surface area contributed by atoms with Gasteiger partial charge in [-0.2, -0.15) is 0 Å². The van der Waals surface area contributed by atoms with E-state index in [0.29, 0.717) is 5.92 Å². The highest BCUT2D eigenvalue weighted by molar-refractivity contribution is 5.94. The third-order valence-corrected chi connectivity index (χ3v) is 4.93. The number of aryl methyl sites for hydroxylation is 1. The molecule has 1 saturated heterocycles. The van der Waals surface area contributed by atoms with E-state index in [0.717, 1.165) is 50.1 Å². The Balaban J connectivity index is 1.66. The van der Waals surface area contributed by atoms with Gasteiger partial charge in [-0.1, -0.05) is 49.7 Å². The smallest absolute Gasteiger partial charge is 0.253 e. The first-order valence-corrected chi connectivity index (χ1v) is 9.19. The molecule has 0 spiro atoms. The molecule has 1 heterocycles. The molecular formula is C22H27NO2. The summed E-state index contributed by atoms with van der Waals surface area (Å²) in [5.74, 6) is 0.596. The topological polar surface area (TPSA) is 29.5 Å². The van der Waals surface area contributed by atoms with Crippen LogP contribution in [-0.4, -0.2) is 37.6 Å². The molecule has 3 heteroatoms. The number of benzene rings is 2. The molecule has 3 rings (SSSR count). The minimum Gasteiger partial charge on any atom is -0.384 e. The summed E-state index contributed by atoms with van der Waals surface area (Å²) in [6, 6.07) is 16.7. The Morgan fingerprint density at radius 2 is 1.72 bits per heavy atom. The molecule has 0 saturated carbocycles. The van der Waals surface area contributed by atoms with E-state index in [1.165, 1.54) is 11.1 Å². The van der Waals surface area contributed by atoms with Crippen LogP contribution in [0.4, 0.5) is 0 Å². The molecule has 0 radical (unpaired) electrons. The molecule has 25 heavy (non-hydrogen) atoms. The standard InChI is InChI=1S/C22H27NO2/c1-3-4-17-5-7-19(8-6-17)20-9-11-21(12-10-20)22(24)23-14-13-18(15-23)16-25-2/h5-12,18H,3-4,13-16H2,1-2H3/t18-/m0/s1. The summed E-state index contributed by atoms with van der Waals surface area (Å²) in [4.78, 5) is 14.6. The Hall–Kier alpha value is -2.13. The zero-order chi connectivity index (χ0) is 17.6. The Kier molecular flexibility index (Phi) is 5.87. The van der Waals surface area contributed by atoms with Crippen LogP contribution in [0.2, 0.25) is 0 Å². The number of carbonyl (C=O) groups is 1. The summed E-state index contributed by atoms with van der Waals surface area (Å²) in [6.45, 7) is 4.55. The van der Waals surface area contributed by atoms with Crippen molar-refractivity contribution >= 4 is 5.91 Å². The van der Waals surface area contributed by atoms with Crippen LogP contribution in [0.1, 0.15) is 35.7 Å². The van der Waals surface area contributed by atoms with E-state index in [2.05, 4.69) is 31.2 Å². The van der Waals surface area contributed by atoms with E-state index < -0.39 is 0 Å². The lowest BCUT2D eigenvalue weighted by molar-refractivity contribution is 0.0775. The van der Waals surface area contributed by atoms with Gasteiger partial charge >= 0.3 is 0 Å². The van der Waals surface area contributed by atoms with Crippen molar-refractivity contribution in [3.8, 4) is 11.1 Å². The predicted molar refractivity (Wildman–Crippen MR) is 102 cm³/mol. The first-order valence-electron chi connectivity index (χ1n) is 9.19. The maximum absolute atomic E-state index is 12.6. The van der Waals surface area contributed by atoms with E-state index >= 15 is 0 Å². The SMILES string of the molecule is CCCc1ccc(-c2ccc(C(=O)N3CC[C@H](COC)C3)cc2)cc1.